The summed E-state index contributed by atoms with van der Waals surface area (Å²) < 4.78 is 5.49. The molecule has 0 spiro atoms. The molecule has 0 aliphatic carbocycles. The number of benzene rings is 2. The third-order valence-corrected chi connectivity index (χ3v) is 5.94. The molecule has 1 heterocycles. The predicted molar refractivity (Wildman–Crippen MR) is 114 cm³/mol. The molecule has 1 aliphatic rings. The Balaban J connectivity index is 1.76. The number of rotatable bonds is 6. The fraction of sp³-hybridized carbons (Fsp3) is 0.409. The Hall–Kier alpha value is -1.59. The fourth-order valence-corrected chi connectivity index (χ4v) is 3.87. The first-order chi connectivity index (χ1) is 13.4. The molecule has 150 valence electrons. The molecule has 0 aromatic heterocycles. The van der Waals surface area contributed by atoms with Crippen LogP contribution in [0.2, 0.25) is 10.0 Å². The highest BCUT2D eigenvalue weighted by molar-refractivity contribution is 6.31. The van der Waals surface area contributed by atoms with E-state index < -0.39 is 5.41 Å². The summed E-state index contributed by atoms with van der Waals surface area (Å²) in [5.41, 5.74) is 1.28. The Labute approximate surface area is 176 Å². The van der Waals surface area contributed by atoms with Crippen molar-refractivity contribution in [3.05, 3.63) is 69.7 Å². The van der Waals surface area contributed by atoms with E-state index in [4.69, 9.17) is 27.9 Å². The van der Waals surface area contributed by atoms with Crippen molar-refractivity contribution in [1.29, 1.82) is 0 Å². The second-order valence-electron chi connectivity index (χ2n) is 7.53. The first-order valence-corrected chi connectivity index (χ1v) is 10.3. The summed E-state index contributed by atoms with van der Waals surface area (Å²) in [5.74, 6) is -0.0277. The molecule has 0 saturated carbocycles. The Morgan fingerprint density at radius 3 is 2.39 bits per heavy atom. The van der Waals surface area contributed by atoms with E-state index in [1.54, 1.807) is 0 Å². The lowest BCUT2D eigenvalue weighted by Gasteiger charge is -2.36. The molecular weight excluding hydrogens is 395 g/mol. The molecule has 1 aliphatic heterocycles. The Morgan fingerprint density at radius 2 is 1.75 bits per heavy atom. The summed E-state index contributed by atoms with van der Waals surface area (Å²) in [6, 6.07) is 15.2. The van der Waals surface area contributed by atoms with Gasteiger partial charge in [-0.3, -0.25) is 9.69 Å². The van der Waals surface area contributed by atoms with Gasteiger partial charge in [0.05, 0.1) is 24.7 Å². The van der Waals surface area contributed by atoms with Crippen LogP contribution in [0.3, 0.4) is 0 Å². The summed E-state index contributed by atoms with van der Waals surface area (Å²) >= 11 is 12.5. The summed E-state index contributed by atoms with van der Waals surface area (Å²) in [7, 11) is 0. The van der Waals surface area contributed by atoms with Crippen molar-refractivity contribution >= 4 is 29.1 Å². The number of hydrogen-bond acceptors (Lipinski definition) is 3. The molecule has 2 aromatic rings. The molecule has 1 amide bonds. The molecular formula is C22H26Cl2N2O2. The summed E-state index contributed by atoms with van der Waals surface area (Å²) in [5, 5.41) is 4.52. The van der Waals surface area contributed by atoms with Crippen LogP contribution < -0.4 is 5.32 Å². The molecule has 1 saturated heterocycles. The van der Waals surface area contributed by atoms with E-state index >= 15 is 0 Å². The number of amides is 1. The SMILES string of the molecule is CC(C)(C(=O)NCC(c1ccccc1Cl)N1CCOCC1)c1ccc(Cl)cc1. The third-order valence-electron chi connectivity index (χ3n) is 5.34. The number of ether oxygens (including phenoxy) is 1. The van der Waals surface area contributed by atoms with Crippen LogP contribution in [-0.2, 0) is 14.9 Å². The highest BCUT2D eigenvalue weighted by atomic mass is 35.5. The van der Waals surface area contributed by atoms with Crippen molar-refractivity contribution in [3.8, 4) is 0 Å². The van der Waals surface area contributed by atoms with Gasteiger partial charge in [0.15, 0.2) is 0 Å². The number of morpholine rings is 1. The minimum Gasteiger partial charge on any atom is -0.379 e. The quantitative estimate of drug-likeness (QED) is 0.749. The minimum absolute atomic E-state index is 0.00238. The molecule has 1 N–H and O–H groups in total. The van der Waals surface area contributed by atoms with Gasteiger partial charge in [0.1, 0.15) is 0 Å². The van der Waals surface area contributed by atoms with Crippen LogP contribution in [0.4, 0.5) is 0 Å². The molecule has 4 nitrogen and oxygen atoms in total. The topological polar surface area (TPSA) is 41.6 Å². The molecule has 0 bridgehead atoms. The van der Waals surface area contributed by atoms with E-state index in [2.05, 4.69) is 10.2 Å². The number of halogens is 2. The van der Waals surface area contributed by atoms with Crippen LogP contribution in [0.15, 0.2) is 48.5 Å². The van der Waals surface area contributed by atoms with Crippen molar-refractivity contribution in [2.24, 2.45) is 0 Å². The third kappa shape index (κ3) is 4.87. The average Bonchev–Trinajstić information content (AvgIpc) is 2.70. The largest absolute Gasteiger partial charge is 0.379 e. The standard InChI is InChI=1S/C22H26Cl2N2O2/c1-22(2,16-7-9-17(23)10-8-16)21(27)25-15-20(26-11-13-28-14-12-26)18-5-3-4-6-19(18)24/h3-10,20H,11-15H2,1-2H3,(H,25,27). The van der Waals surface area contributed by atoms with Crippen molar-refractivity contribution in [2.45, 2.75) is 25.3 Å². The van der Waals surface area contributed by atoms with Gasteiger partial charge in [0, 0.05) is 29.7 Å². The summed E-state index contributed by atoms with van der Waals surface area (Å²) in [4.78, 5) is 15.4. The minimum atomic E-state index is -0.666. The zero-order valence-corrected chi connectivity index (χ0v) is 17.8. The average molecular weight is 421 g/mol. The monoisotopic (exact) mass is 420 g/mol. The lowest BCUT2D eigenvalue weighted by molar-refractivity contribution is -0.126. The predicted octanol–water partition coefficient (Wildman–Crippen LogP) is 4.46. The van der Waals surface area contributed by atoms with Gasteiger partial charge >= 0.3 is 0 Å². The number of carbonyl (C=O) groups excluding carboxylic acids is 1. The first-order valence-electron chi connectivity index (χ1n) is 9.50. The van der Waals surface area contributed by atoms with Gasteiger partial charge in [-0.15, -0.1) is 0 Å². The van der Waals surface area contributed by atoms with E-state index in [0.29, 0.717) is 29.8 Å². The molecule has 28 heavy (non-hydrogen) atoms. The van der Waals surface area contributed by atoms with Crippen LogP contribution in [0.25, 0.3) is 0 Å². The van der Waals surface area contributed by atoms with Gasteiger partial charge in [-0.25, -0.2) is 0 Å². The molecule has 3 rings (SSSR count). The molecule has 6 heteroatoms. The van der Waals surface area contributed by atoms with Gasteiger partial charge in [-0.05, 0) is 43.2 Å². The molecule has 0 radical (unpaired) electrons. The van der Waals surface area contributed by atoms with Crippen LogP contribution in [-0.4, -0.2) is 43.7 Å². The van der Waals surface area contributed by atoms with Gasteiger partial charge in [-0.2, -0.15) is 0 Å². The number of nitrogens with one attached hydrogen (secondary N) is 1. The number of carbonyl (C=O) groups is 1. The first kappa shape index (κ1) is 21.1. The van der Waals surface area contributed by atoms with Gasteiger partial charge in [0.25, 0.3) is 0 Å². The van der Waals surface area contributed by atoms with Crippen molar-refractivity contribution in [1.82, 2.24) is 10.2 Å². The van der Waals surface area contributed by atoms with Crippen LogP contribution in [0.1, 0.15) is 31.0 Å². The van der Waals surface area contributed by atoms with Crippen molar-refractivity contribution in [2.75, 3.05) is 32.8 Å². The van der Waals surface area contributed by atoms with Crippen molar-refractivity contribution in [3.63, 3.8) is 0 Å². The highest BCUT2D eigenvalue weighted by Crippen LogP contribution is 2.29. The Bertz CT molecular complexity index is 802. The Morgan fingerprint density at radius 1 is 1.11 bits per heavy atom. The molecule has 1 atom stereocenters. The maximum Gasteiger partial charge on any atom is 0.230 e. The maximum atomic E-state index is 13.0. The maximum absolute atomic E-state index is 13.0. The number of nitrogens with zero attached hydrogens (tertiary/aromatic N) is 1. The van der Waals surface area contributed by atoms with Crippen molar-refractivity contribution < 1.29 is 9.53 Å². The van der Waals surface area contributed by atoms with E-state index in [1.165, 1.54) is 0 Å². The van der Waals surface area contributed by atoms with E-state index in [0.717, 1.165) is 24.2 Å². The zero-order valence-electron chi connectivity index (χ0n) is 16.3. The zero-order chi connectivity index (χ0) is 20.1. The van der Waals surface area contributed by atoms with Gasteiger partial charge in [-0.1, -0.05) is 53.5 Å². The van der Waals surface area contributed by atoms with Crippen LogP contribution in [0, 0.1) is 0 Å². The molecule has 1 fully saturated rings. The normalized spacial score (nSPS) is 16.6. The Kier molecular flexibility index (Phi) is 7.00. The lowest BCUT2D eigenvalue weighted by atomic mass is 9.83. The van der Waals surface area contributed by atoms with E-state index in [1.807, 2.05) is 62.4 Å². The van der Waals surface area contributed by atoms with E-state index in [9.17, 15) is 4.79 Å². The molecule has 2 aromatic carbocycles. The van der Waals surface area contributed by atoms with E-state index in [-0.39, 0.29) is 11.9 Å². The summed E-state index contributed by atoms with van der Waals surface area (Å²) in [6.45, 7) is 7.32. The fourth-order valence-electron chi connectivity index (χ4n) is 3.48. The van der Waals surface area contributed by atoms with Gasteiger partial charge < -0.3 is 10.1 Å². The van der Waals surface area contributed by atoms with Gasteiger partial charge in [0.2, 0.25) is 5.91 Å². The lowest BCUT2D eigenvalue weighted by Crippen LogP contribution is -2.47. The number of hydrogen-bond donors (Lipinski definition) is 1. The molecule has 1 unspecified atom stereocenters. The summed E-state index contributed by atoms with van der Waals surface area (Å²) in [6.07, 6.45) is 0. The smallest absolute Gasteiger partial charge is 0.230 e. The van der Waals surface area contributed by atoms with Crippen LogP contribution in [0.5, 0.6) is 0 Å². The second-order valence-corrected chi connectivity index (χ2v) is 8.37. The van der Waals surface area contributed by atoms with Crippen LogP contribution >= 0.6 is 23.2 Å². The highest BCUT2D eigenvalue weighted by Gasteiger charge is 2.31. The second kappa shape index (κ2) is 9.27.